The highest BCUT2D eigenvalue weighted by molar-refractivity contribution is 5.95. The maximum atomic E-state index is 12.4. The van der Waals surface area contributed by atoms with Crippen molar-refractivity contribution in [2.75, 3.05) is 13.1 Å². The Morgan fingerprint density at radius 2 is 1.67 bits per heavy atom. The molecule has 0 aliphatic carbocycles. The van der Waals surface area contributed by atoms with Gasteiger partial charge in [-0.3, -0.25) is 9.59 Å². The van der Waals surface area contributed by atoms with Gasteiger partial charge in [0, 0.05) is 24.8 Å². The van der Waals surface area contributed by atoms with Crippen LogP contribution in [0.1, 0.15) is 40.0 Å². The van der Waals surface area contributed by atoms with Crippen LogP contribution in [-0.4, -0.2) is 40.0 Å². The van der Waals surface area contributed by atoms with Gasteiger partial charge < -0.3 is 15.0 Å². The number of hydrogen-bond donors (Lipinski definition) is 2. The molecule has 1 fully saturated rings. The number of carboxylic acid groups (broad SMARTS) is 1. The Hall–Kier alpha value is -2.89. The summed E-state index contributed by atoms with van der Waals surface area (Å²) >= 11 is 0. The van der Waals surface area contributed by atoms with Crippen molar-refractivity contribution in [2.24, 2.45) is 0 Å². The third-order valence-corrected chi connectivity index (χ3v) is 4.24. The molecule has 6 heteroatoms. The number of benzene rings is 1. The first kappa shape index (κ1) is 16.0. The maximum Gasteiger partial charge on any atom is 0.341 e. The average Bonchev–Trinajstić information content (AvgIpc) is 2.62. The van der Waals surface area contributed by atoms with Crippen LogP contribution in [-0.2, 0) is 0 Å². The van der Waals surface area contributed by atoms with Crippen molar-refractivity contribution in [1.82, 2.24) is 9.88 Å². The number of nitrogens with zero attached hydrogens (tertiary/aromatic N) is 1. The lowest BCUT2D eigenvalue weighted by molar-refractivity contribution is 0.0692. The van der Waals surface area contributed by atoms with E-state index in [1.807, 2.05) is 4.90 Å². The van der Waals surface area contributed by atoms with Crippen molar-refractivity contribution in [3.05, 3.63) is 58.0 Å². The number of rotatable bonds is 3. The molecule has 1 aromatic heterocycles. The molecule has 1 aromatic carbocycles. The molecule has 0 unspecified atom stereocenters. The smallest absolute Gasteiger partial charge is 0.341 e. The molecule has 1 aliphatic heterocycles. The predicted molar refractivity (Wildman–Crippen MR) is 89.2 cm³/mol. The largest absolute Gasteiger partial charge is 0.477 e. The fourth-order valence-corrected chi connectivity index (χ4v) is 2.89. The number of carboxylic acids is 1. The van der Waals surface area contributed by atoms with Crippen molar-refractivity contribution in [2.45, 2.75) is 19.3 Å². The molecule has 6 nitrogen and oxygen atoms in total. The second kappa shape index (κ2) is 6.70. The summed E-state index contributed by atoms with van der Waals surface area (Å²) in [5.41, 5.74) is 1.00. The molecule has 2 N–H and O–H groups in total. The van der Waals surface area contributed by atoms with Crippen LogP contribution in [0.4, 0.5) is 0 Å². The highest BCUT2D eigenvalue weighted by Gasteiger charge is 2.18. The van der Waals surface area contributed by atoms with Gasteiger partial charge in [0.05, 0.1) is 0 Å². The zero-order chi connectivity index (χ0) is 17.1. The van der Waals surface area contributed by atoms with Crippen molar-refractivity contribution in [3.63, 3.8) is 0 Å². The zero-order valence-corrected chi connectivity index (χ0v) is 13.1. The molecule has 2 heterocycles. The maximum absolute atomic E-state index is 12.4. The molecular weight excluding hydrogens is 308 g/mol. The predicted octanol–water partition coefficient (Wildman–Crippen LogP) is 2.37. The molecule has 0 spiro atoms. The highest BCUT2D eigenvalue weighted by Crippen LogP contribution is 2.20. The van der Waals surface area contributed by atoms with Crippen LogP contribution in [0, 0.1) is 0 Å². The molecule has 1 amide bonds. The van der Waals surface area contributed by atoms with E-state index in [2.05, 4.69) is 4.98 Å². The lowest BCUT2D eigenvalue weighted by Gasteiger charge is -2.26. The molecule has 1 aliphatic rings. The standard InChI is InChI=1S/C18H18N2O4/c21-16-15(18(23)24)10-14(11-19-16)12-4-6-13(7-5-12)17(22)20-8-2-1-3-9-20/h4-7,10-11H,1-3,8-9H2,(H,19,21)(H,23,24). The molecule has 1 saturated heterocycles. The number of carbonyl (C=O) groups excluding carboxylic acids is 1. The zero-order valence-electron chi connectivity index (χ0n) is 13.1. The summed E-state index contributed by atoms with van der Waals surface area (Å²) in [4.78, 5) is 39.3. The first-order valence-electron chi connectivity index (χ1n) is 7.92. The molecule has 0 bridgehead atoms. The normalized spacial score (nSPS) is 14.4. The summed E-state index contributed by atoms with van der Waals surface area (Å²) in [6, 6.07) is 8.32. The monoisotopic (exact) mass is 326 g/mol. The highest BCUT2D eigenvalue weighted by atomic mass is 16.4. The number of H-pyrrole nitrogens is 1. The number of nitrogens with one attached hydrogen (secondary N) is 1. The molecule has 2 aromatic rings. The summed E-state index contributed by atoms with van der Waals surface area (Å²) in [5.74, 6) is -1.25. The van der Waals surface area contributed by atoms with Gasteiger partial charge in [0.15, 0.2) is 0 Å². The quantitative estimate of drug-likeness (QED) is 0.906. The van der Waals surface area contributed by atoms with Crippen LogP contribution in [0.3, 0.4) is 0 Å². The first-order chi connectivity index (χ1) is 11.6. The lowest BCUT2D eigenvalue weighted by Crippen LogP contribution is -2.35. The van der Waals surface area contributed by atoms with E-state index in [0.29, 0.717) is 11.1 Å². The average molecular weight is 326 g/mol. The van der Waals surface area contributed by atoms with E-state index in [9.17, 15) is 14.4 Å². The minimum Gasteiger partial charge on any atom is -0.477 e. The minimum absolute atomic E-state index is 0.0222. The first-order valence-corrected chi connectivity index (χ1v) is 7.92. The number of aromatic nitrogens is 1. The van der Waals surface area contributed by atoms with Crippen molar-refractivity contribution in [1.29, 1.82) is 0 Å². The number of carbonyl (C=O) groups is 2. The minimum atomic E-state index is -1.27. The molecule has 24 heavy (non-hydrogen) atoms. The molecule has 3 rings (SSSR count). The number of hydrogen-bond acceptors (Lipinski definition) is 3. The summed E-state index contributed by atoms with van der Waals surface area (Å²) < 4.78 is 0. The summed E-state index contributed by atoms with van der Waals surface area (Å²) in [7, 11) is 0. The van der Waals surface area contributed by atoms with E-state index in [1.165, 1.54) is 18.7 Å². The van der Waals surface area contributed by atoms with Gasteiger partial charge >= 0.3 is 5.97 Å². The molecular formula is C18H18N2O4. The molecule has 0 saturated carbocycles. The molecule has 124 valence electrons. The van der Waals surface area contributed by atoms with E-state index in [0.717, 1.165) is 31.5 Å². The van der Waals surface area contributed by atoms with Crippen molar-refractivity contribution < 1.29 is 14.7 Å². The van der Waals surface area contributed by atoms with Crippen LogP contribution in [0.2, 0.25) is 0 Å². The Balaban J connectivity index is 1.84. The second-order valence-electron chi connectivity index (χ2n) is 5.87. The Morgan fingerprint density at radius 3 is 2.29 bits per heavy atom. The number of amides is 1. The topological polar surface area (TPSA) is 90.5 Å². The second-order valence-corrected chi connectivity index (χ2v) is 5.87. The summed E-state index contributed by atoms with van der Waals surface area (Å²) in [6.45, 7) is 1.59. The van der Waals surface area contributed by atoms with Crippen LogP contribution in [0.5, 0.6) is 0 Å². The van der Waals surface area contributed by atoms with Crippen LogP contribution in [0.15, 0.2) is 41.3 Å². The van der Waals surface area contributed by atoms with Crippen molar-refractivity contribution >= 4 is 11.9 Å². The number of aromatic amines is 1. The van der Waals surface area contributed by atoms with E-state index < -0.39 is 11.5 Å². The van der Waals surface area contributed by atoms with Gasteiger partial charge in [0.1, 0.15) is 5.56 Å². The van der Waals surface area contributed by atoms with Gasteiger partial charge in [-0.1, -0.05) is 12.1 Å². The third-order valence-electron chi connectivity index (χ3n) is 4.24. The van der Waals surface area contributed by atoms with Gasteiger partial charge in [-0.2, -0.15) is 0 Å². The van der Waals surface area contributed by atoms with Crippen LogP contribution in [0.25, 0.3) is 11.1 Å². The van der Waals surface area contributed by atoms with E-state index >= 15 is 0 Å². The number of likely N-dealkylation sites (tertiary alicyclic amines) is 1. The van der Waals surface area contributed by atoms with Gasteiger partial charge in [0.2, 0.25) is 0 Å². The summed E-state index contributed by atoms with van der Waals surface area (Å²) in [5, 5.41) is 9.03. The Bertz CT molecular complexity index is 818. The fraction of sp³-hybridized carbons (Fsp3) is 0.278. The molecule has 0 atom stereocenters. The fourth-order valence-electron chi connectivity index (χ4n) is 2.89. The molecule has 0 radical (unpaired) electrons. The number of aromatic carboxylic acids is 1. The Labute approximate surface area is 138 Å². The van der Waals surface area contributed by atoms with Gasteiger partial charge in [0.25, 0.3) is 11.5 Å². The van der Waals surface area contributed by atoms with E-state index in [-0.39, 0.29) is 11.5 Å². The van der Waals surface area contributed by atoms with Crippen LogP contribution < -0.4 is 5.56 Å². The Morgan fingerprint density at radius 1 is 1.00 bits per heavy atom. The SMILES string of the molecule is O=C(O)c1cc(-c2ccc(C(=O)N3CCCCC3)cc2)c[nH]c1=O. The van der Waals surface area contributed by atoms with Crippen LogP contribution >= 0.6 is 0 Å². The number of pyridine rings is 1. The lowest BCUT2D eigenvalue weighted by atomic mass is 10.0. The number of piperidine rings is 1. The van der Waals surface area contributed by atoms with E-state index in [4.69, 9.17) is 5.11 Å². The van der Waals surface area contributed by atoms with Gasteiger partial charge in [-0.15, -0.1) is 0 Å². The third kappa shape index (κ3) is 3.22. The Kier molecular flexibility index (Phi) is 4.46. The van der Waals surface area contributed by atoms with Crippen molar-refractivity contribution in [3.8, 4) is 11.1 Å². The summed E-state index contributed by atoms with van der Waals surface area (Å²) in [6.07, 6.45) is 4.72. The van der Waals surface area contributed by atoms with Gasteiger partial charge in [-0.05, 0) is 48.6 Å². The van der Waals surface area contributed by atoms with E-state index in [1.54, 1.807) is 24.3 Å². The van der Waals surface area contributed by atoms with Gasteiger partial charge in [-0.25, -0.2) is 4.79 Å².